The number of nitrogens with one attached hydrogen (secondary N) is 1. The molecule has 154 valence electrons. The van der Waals surface area contributed by atoms with E-state index in [0.717, 1.165) is 38.9 Å². The minimum Gasteiger partial charge on any atom is -0.390 e. The summed E-state index contributed by atoms with van der Waals surface area (Å²) in [5.74, 6) is 0.335. The van der Waals surface area contributed by atoms with Crippen LogP contribution < -0.4 is 5.32 Å². The second-order valence-corrected chi connectivity index (χ2v) is 8.17. The van der Waals surface area contributed by atoms with E-state index in [0.29, 0.717) is 19.0 Å². The first-order valence-corrected chi connectivity index (χ1v) is 10.6. The lowest BCUT2D eigenvalue weighted by Crippen LogP contribution is -2.48. The van der Waals surface area contributed by atoms with Gasteiger partial charge in [-0.25, -0.2) is 4.79 Å². The van der Waals surface area contributed by atoms with Crippen molar-refractivity contribution in [3.63, 3.8) is 0 Å². The number of β-amino-alcohol motifs (C(OH)–C–C–N with tert-alkyl or cyclic N) is 1. The van der Waals surface area contributed by atoms with Crippen molar-refractivity contribution >= 4 is 6.03 Å². The van der Waals surface area contributed by atoms with E-state index in [1.54, 1.807) is 6.20 Å². The number of amides is 2. The SMILES string of the molecule is O=C(NC[C@H](O)CN1CCc2ccccc2C1)N1CCCC(c2cccnc2)C1. The monoisotopic (exact) mass is 394 g/mol. The molecule has 0 radical (unpaired) electrons. The average molecular weight is 395 g/mol. The number of aliphatic hydroxyl groups is 1. The Balaban J connectivity index is 1.23. The summed E-state index contributed by atoms with van der Waals surface area (Å²) in [6.45, 7) is 4.14. The number of urea groups is 1. The predicted molar refractivity (Wildman–Crippen MR) is 113 cm³/mol. The molecule has 0 saturated carbocycles. The number of rotatable bonds is 5. The van der Waals surface area contributed by atoms with Crippen molar-refractivity contribution in [1.82, 2.24) is 20.1 Å². The van der Waals surface area contributed by atoms with Gasteiger partial charge in [0.1, 0.15) is 0 Å². The fourth-order valence-electron chi connectivity index (χ4n) is 4.44. The highest BCUT2D eigenvalue weighted by molar-refractivity contribution is 5.74. The van der Waals surface area contributed by atoms with Crippen molar-refractivity contribution in [2.75, 3.05) is 32.7 Å². The van der Waals surface area contributed by atoms with Crippen LogP contribution in [-0.4, -0.2) is 64.7 Å². The molecule has 2 amide bonds. The van der Waals surface area contributed by atoms with Crippen molar-refractivity contribution in [2.45, 2.75) is 37.8 Å². The van der Waals surface area contributed by atoms with Gasteiger partial charge < -0.3 is 15.3 Å². The Morgan fingerprint density at radius 3 is 2.90 bits per heavy atom. The summed E-state index contributed by atoms with van der Waals surface area (Å²) in [4.78, 5) is 20.9. The van der Waals surface area contributed by atoms with Crippen LogP contribution in [0.25, 0.3) is 0 Å². The van der Waals surface area contributed by atoms with E-state index in [1.807, 2.05) is 17.2 Å². The second kappa shape index (κ2) is 9.37. The van der Waals surface area contributed by atoms with Crippen LogP contribution in [0.4, 0.5) is 4.79 Å². The molecule has 0 spiro atoms. The Morgan fingerprint density at radius 2 is 2.07 bits per heavy atom. The molecule has 1 aromatic carbocycles. The number of carbonyl (C=O) groups is 1. The van der Waals surface area contributed by atoms with E-state index in [4.69, 9.17) is 0 Å². The average Bonchev–Trinajstić information content (AvgIpc) is 2.78. The quantitative estimate of drug-likeness (QED) is 0.817. The van der Waals surface area contributed by atoms with Crippen LogP contribution in [0.5, 0.6) is 0 Å². The lowest BCUT2D eigenvalue weighted by atomic mass is 9.92. The predicted octanol–water partition coefficient (Wildman–Crippen LogP) is 2.39. The third-order valence-electron chi connectivity index (χ3n) is 6.03. The first-order chi connectivity index (χ1) is 14.2. The Bertz CT molecular complexity index is 814. The first kappa shape index (κ1) is 19.9. The molecule has 0 bridgehead atoms. The number of likely N-dealkylation sites (tertiary alicyclic amines) is 1. The van der Waals surface area contributed by atoms with Crippen LogP contribution in [0.2, 0.25) is 0 Å². The molecule has 6 heteroatoms. The molecular formula is C23H30N4O2. The summed E-state index contributed by atoms with van der Waals surface area (Å²) in [6, 6.07) is 12.4. The number of pyridine rings is 1. The molecular weight excluding hydrogens is 364 g/mol. The largest absolute Gasteiger partial charge is 0.390 e. The zero-order valence-electron chi connectivity index (χ0n) is 16.8. The number of hydrogen-bond acceptors (Lipinski definition) is 4. The van der Waals surface area contributed by atoms with Gasteiger partial charge in [0.25, 0.3) is 0 Å². The number of nitrogens with zero attached hydrogens (tertiary/aromatic N) is 3. The van der Waals surface area contributed by atoms with Crippen LogP contribution in [0.3, 0.4) is 0 Å². The Morgan fingerprint density at radius 1 is 1.21 bits per heavy atom. The highest BCUT2D eigenvalue weighted by Crippen LogP contribution is 2.26. The van der Waals surface area contributed by atoms with E-state index in [2.05, 4.69) is 45.5 Å². The molecule has 2 N–H and O–H groups in total. The maximum atomic E-state index is 12.6. The summed E-state index contributed by atoms with van der Waals surface area (Å²) in [5, 5.41) is 13.4. The highest BCUT2D eigenvalue weighted by Gasteiger charge is 2.25. The lowest BCUT2D eigenvalue weighted by Gasteiger charge is -2.33. The van der Waals surface area contributed by atoms with Crippen molar-refractivity contribution in [2.24, 2.45) is 0 Å². The van der Waals surface area contributed by atoms with Gasteiger partial charge in [0, 0.05) is 57.6 Å². The van der Waals surface area contributed by atoms with E-state index < -0.39 is 6.10 Å². The summed E-state index contributed by atoms with van der Waals surface area (Å²) in [5.41, 5.74) is 3.93. The second-order valence-electron chi connectivity index (χ2n) is 8.17. The molecule has 1 saturated heterocycles. The van der Waals surface area contributed by atoms with E-state index in [9.17, 15) is 9.90 Å². The van der Waals surface area contributed by atoms with Gasteiger partial charge in [0.15, 0.2) is 0 Å². The molecule has 4 rings (SSSR count). The molecule has 0 aliphatic carbocycles. The van der Waals surface area contributed by atoms with Gasteiger partial charge in [0.05, 0.1) is 6.10 Å². The maximum absolute atomic E-state index is 12.6. The van der Waals surface area contributed by atoms with Crippen LogP contribution in [0.1, 0.15) is 35.4 Å². The van der Waals surface area contributed by atoms with Gasteiger partial charge in [-0.1, -0.05) is 30.3 Å². The van der Waals surface area contributed by atoms with Crippen molar-refractivity contribution in [1.29, 1.82) is 0 Å². The van der Waals surface area contributed by atoms with E-state index >= 15 is 0 Å². The molecule has 1 fully saturated rings. The topological polar surface area (TPSA) is 68.7 Å². The van der Waals surface area contributed by atoms with Crippen molar-refractivity contribution < 1.29 is 9.90 Å². The number of carbonyl (C=O) groups excluding carboxylic acids is 1. The fraction of sp³-hybridized carbons (Fsp3) is 0.478. The van der Waals surface area contributed by atoms with Gasteiger partial charge in [-0.3, -0.25) is 9.88 Å². The number of hydrogen-bond donors (Lipinski definition) is 2. The van der Waals surface area contributed by atoms with Crippen molar-refractivity contribution in [3.05, 3.63) is 65.5 Å². The third kappa shape index (κ3) is 5.14. The normalized spacial score (nSPS) is 20.7. The minimum absolute atomic E-state index is 0.0818. The van der Waals surface area contributed by atoms with Crippen LogP contribution >= 0.6 is 0 Å². The molecule has 2 atom stereocenters. The number of fused-ring (bicyclic) bond motifs is 1. The Hall–Kier alpha value is -2.44. The zero-order chi connectivity index (χ0) is 20.1. The van der Waals surface area contributed by atoms with Gasteiger partial charge in [0.2, 0.25) is 0 Å². The summed E-state index contributed by atoms with van der Waals surface area (Å²) in [6.07, 6.45) is 6.19. The van der Waals surface area contributed by atoms with Gasteiger partial charge in [-0.05, 0) is 42.0 Å². The van der Waals surface area contributed by atoms with Crippen LogP contribution in [0, 0.1) is 0 Å². The van der Waals surface area contributed by atoms with Gasteiger partial charge in [-0.2, -0.15) is 0 Å². The smallest absolute Gasteiger partial charge is 0.317 e. The summed E-state index contributed by atoms with van der Waals surface area (Å²) < 4.78 is 0. The fourth-order valence-corrected chi connectivity index (χ4v) is 4.44. The standard InChI is InChI=1S/C23H30N4O2/c28-22(17-26-12-9-18-5-1-2-6-20(18)15-26)14-25-23(29)27-11-4-8-21(16-27)19-7-3-10-24-13-19/h1-3,5-7,10,13,21-22,28H,4,8-9,11-12,14-17H2,(H,25,29)/t21?,22-/m0/s1. The van der Waals surface area contributed by atoms with Gasteiger partial charge >= 0.3 is 6.03 Å². The molecule has 29 heavy (non-hydrogen) atoms. The number of benzene rings is 1. The Labute approximate surface area is 172 Å². The number of aromatic nitrogens is 1. The molecule has 6 nitrogen and oxygen atoms in total. The number of aliphatic hydroxyl groups excluding tert-OH is 1. The molecule has 2 aliphatic heterocycles. The Kier molecular flexibility index (Phi) is 6.42. The lowest BCUT2D eigenvalue weighted by molar-refractivity contribution is 0.102. The van der Waals surface area contributed by atoms with E-state index in [1.165, 1.54) is 16.7 Å². The van der Waals surface area contributed by atoms with Crippen LogP contribution in [-0.2, 0) is 13.0 Å². The third-order valence-corrected chi connectivity index (χ3v) is 6.03. The summed E-state index contributed by atoms with van der Waals surface area (Å²) >= 11 is 0. The van der Waals surface area contributed by atoms with Crippen LogP contribution in [0.15, 0.2) is 48.8 Å². The maximum Gasteiger partial charge on any atom is 0.317 e. The summed E-state index contributed by atoms with van der Waals surface area (Å²) in [7, 11) is 0. The van der Waals surface area contributed by atoms with Gasteiger partial charge in [-0.15, -0.1) is 0 Å². The molecule has 2 aliphatic rings. The molecule has 1 aromatic heterocycles. The van der Waals surface area contributed by atoms with Crippen molar-refractivity contribution in [3.8, 4) is 0 Å². The molecule has 2 aromatic rings. The first-order valence-electron chi connectivity index (χ1n) is 10.6. The van der Waals surface area contributed by atoms with E-state index in [-0.39, 0.29) is 12.6 Å². The molecule has 1 unspecified atom stereocenters. The highest BCUT2D eigenvalue weighted by atomic mass is 16.3. The molecule has 3 heterocycles. The zero-order valence-corrected chi connectivity index (χ0v) is 16.8. The minimum atomic E-state index is -0.567. The number of piperidine rings is 1.